The van der Waals surface area contributed by atoms with Gasteiger partial charge in [-0.1, -0.05) is 0 Å². The molecule has 0 radical (unpaired) electrons. The van der Waals surface area contributed by atoms with Gasteiger partial charge in [-0.2, -0.15) is 0 Å². The number of hydrogen-bond acceptors (Lipinski definition) is 5. The number of hydrogen-bond donors (Lipinski definition) is 0. The van der Waals surface area contributed by atoms with Crippen molar-refractivity contribution < 1.29 is 23.5 Å². The Balaban J connectivity index is 2.36. The van der Waals surface area contributed by atoms with Gasteiger partial charge in [-0.25, -0.2) is 4.39 Å². The molecule has 1 fully saturated rings. The molecule has 21 heavy (non-hydrogen) atoms. The van der Waals surface area contributed by atoms with Crippen molar-refractivity contribution in [2.45, 2.75) is 26.7 Å². The van der Waals surface area contributed by atoms with E-state index >= 15 is 0 Å². The molecule has 1 aromatic rings. The third kappa shape index (κ3) is 3.15. The molecule has 6 heteroatoms. The molecule has 0 amide bonds. The summed E-state index contributed by atoms with van der Waals surface area (Å²) in [6.45, 7) is 3.75. The van der Waals surface area contributed by atoms with Crippen LogP contribution < -0.4 is 4.74 Å². The summed E-state index contributed by atoms with van der Waals surface area (Å²) in [4.78, 5) is 25.1. The predicted octanol–water partition coefficient (Wildman–Crippen LogP) is 3.29. The van der Waals surface area contributed by atoms with E-state index in [4.69, 9.17) is 9.47 Å². The van der Waals surface area contributed by atoms with E-state index in [2.05, 4.69) is 0 Å². The highest BCUT2D eigenvalue weighted by atomic mass is 32.1. The number of halogens is 1. The predicted molar refractivity (Wildman–Crippen MR) is 77.3 cm³/mol. The molecule has 1 aromatic heterocycles. The minimum Gasteiger partial charge on any atom is -0.501 e. The van der Waals surface area contributed by atoms with Gasteiger partial charge in [-0.15, -0.1) is 11.3 Å². The Hall–Kier alpha value is -1.69. The monoisotopic (exact) mass is 312 g/mol. The standard InChI is InChI=1S/C15H17FO4S/c1-4-20-7-10(12(17)9-5-6-9)13(18)15-11(16)14(19-3)8(2)21-15/h7,9H,4-6H2,1-3H3. The Kier molecular flexibility index (Phi) is 4.77. The first kappa shape index (κ1) is 15.7. The van der Waals surface area contributed by atoms with Crippen LogP contribution in [0.2, 0.25) is 0 Å². The third-order valence-electron chi connectivity index (χ3n) is 3.21. The van der Waals surface area contributed by atoms with E-state index in [0.717, 1.165) is 30.4 Å². The van der Waals surface area contributed by atoms with Crippen LogP contribution in [0, 0.1) is 18.7 Å². The molecule has 0 N–H and O–H groups in total. The topological polar surface area (TPSA) is 52.6 Å². The van der Waals surface area contributed by atoms with Crippen LogP contribution in [0.3, 0.4) is 0 Å². The van der Waals surface area contributed by atoms with Gasteiger partial charge in [0, 0.05) is 10.8 Å². The van der Waals surface area contributed by atoms with Crippen molar-refractivity contribution in [2.75, 3.05) is 13.7 Å². The quantitative estimate of drug-likeness (QED) is 0.255. The minimum absolute atomic E-state index is 0.0537. The second-order valence-electron chi connectivity index (χ2n) is 4.79. The molecule has 4 nitrogen and oxygen atoms in total. The van der Waals surface area contributed by atoms with E-state index in [0.29, 0.717) is 11.5 Å². The number of allylic oxidation sites excluding steroid dienone is 1. The fourth-order valence-corrected chi connectivity index (χ4v) is 2.92. The summed E-state index contributed by atoms with van der Waals surface area (Å²) >= 11 is 0.987. The largest absolute Gasteiger partial charge is 0.501 e. The van der Waals surface area contributed by atoms with Gasteiger partial charge in [0.25, 0.3) is 0 Å². The van der Waals surface area contributed by atoms with E-state index < -0.39 is 11.6 Å². The average Bonchev–Trinajstić information content (AvgIpc) is 3.25. The first-order valence-corrected chi connectivity index (χ1v) is 7.56. The highest BCUT2D eigenvalue weighted by Gasteiger charge is 2.36. The molecule has 1 heterocycles. The SMILES string of the molecule is CCOC=C(C(=O)c1sc(C)c(OC)c1F)C(=O)C1CC1. The molecule has 0 spiro atoms. The molecule has 114 valence electrons. The number of ketones is 2. The summed E-state index contributed by atoms with van der Waals surface area (Å²) in [5, 5.41) is 0. The summed E-state index contributed by atoms with van der Waals surface area (Å²) in [7, 11) is 1.35. The third-order valence-corrected chi connectivity index (χ3v) is 4.27. The van der Waals surface area contributed by atoms with Crippen LogP contribution in [0.5, 0.6) is 5.75 Å². The van der Waals surface area contributed by atoms with Gasteiger partial charge in [0.2, 0.25) is 5.78 Å². The van der Waals surface area contributed by atoms with E-state index in [-0.39, 0.29) is 27.9 Å². The van der Waals surface area contributed by atoms with Crippen molar-refractivity contribution >= 4 is 22.9 Å². The molecule has 0 bridgehead atoms. The van der Waals surface area contributed by atoms with Crippen molar-refractivity contribution in [1.82, 2.24) is 0 Å². The lowest BCUT2D eigenvalue weighted by molar-refractivity contribution is -0.116. The maximum absolute atomic E-state index is 14.2. The second kappa shape index (κ2) is 6.39. The maximum atomic E-state index is 14.2. The van der Waals surface area contributed by atoms with Gasteiger partial charge >= 0.3 is 0 Å². The summed E-state index contributed by atoms with van der Waals surface area (Å²) < 4.78 is 24.2. The van der Waals surface area contributed by atoms with Crippen molar-refractivity contribution in [3.05, 3.63) is 27.4 Å². The van der Waals surface area contributed by atoms with Crippen molar-refractivity contribution in [3.63, 3.8) is 0 Å². The summed E-state index contributed by atoms with van der Waals surface area (Å²) in [6.07, 6.45) is 2.69. The number of carbonyl (C=O) groups excluding carboxylic acids is 2. The molecule has 1 aliphatic rings. The Labute approximate surface area is 126 Å². The number of Topliss-reactive ketones (excluding diaryl/α,β-unsaturated/α-hetero) is 2. The van der Waals surface area contributed by atoms with Crippen LogP contribution in [-0.4, -0.2) is 25.3 Å². The fourth-order valence-electron chi connectivity index (χ4n) is 1.96. The number of rotatable bonds is 7. The molecular weight excluding hydrogens is 295 g/mol. The zero-order valence-electron chi connectivity index (χ0n) is 12.2. The van der Waals surface area contributed by atoms with E-state index in [1.165, 1.54) is 7.11 Å². The number of ether oxygens (including phenoxy) is 2. The highest BCUT2D eigenvalue weighted by molar-refractivity contribution is 7.14. The average molecular weight is 312 g/mol. The van der Waals surface area contributed by atoms with Crippen LogP contribution in [0.25, 0.3) is 0 Å². The van der Waals surface area contributed by atoms with Crippen molar-refractivity contribution in [3.8, 4) is 5.75 Å². The van der Waals surface area contributed by atoms with Gasteiger partial charge in [0.1, 0.15) is 10.5 Å². The minimum atomic E-state index is -0.712. The van der Waals surface area contributed by atoms with Crippen LogP contribution in [0.1, 0.15) is 34.3 Å². The Morgan fingerprint density at radius 2 is 2.10 bits per heavy atom. The summed E-state index contributed by atoms with van der Waals surface area (Å²) in [5.41, 5.74) is -0.0813. The van der Waals surface area contributed by atoms with E-state index in [1.807, 2.05) is 0 Å². The van der Waals surface area contributed by atoms with Crippen LogP contribution in [0.15, 0.2) is 11.8 Å². The van der Waals surface area contributed by atoms with Crippen molar-refractivity contribution in [2.24, 2.45) is 5.92 Å². The summed E-state index contributed by atoms with van der Waals surface area (Å²) in [5.74, 6) is -1.69. The molecule has 0 atom stereocenters. The molecule has 0 saturated heterocycles. The Morgan fingerprint density at radius 3 is 2.57 bits per heavy atom. The lowest BCUT2D eigenvalue weighted by Gasteiger charge is -2.04. The Bertz CT molecular complexity index is 599. The smallest absolute Gasteiger partial charge is 0.212 e. The fraction of sp³-hybridized carbons (Fsp3) is 0.467. The number of carbonyl (C=O) groups is 2. The van der Waals surface area contributed by atoms with Gasteiger partial charge in [0.05, 0.1) is 20.0 Å². The Morgan fingerprint density at radius 1 is 1.43 bits per heavy atom. The number of thiophene rings is 1. The molecule has 0 aromatic carbocycles. The zero-order valence-corrected chi connectivity index (χ0v) is 13.0. The van der Waals surface area contributed by atoms with Gasteiger partial charge in [-0.3, -0.25) is 9.59 Å². The van der Waals surface area contributed by atoms with Gasteiger partial charge < -0.3 is 9.47 Å². The number of methoxy groups -OCH3 is 1. The zero-order chi connectivity index (χ0) is 15.6. The lowest BCUT2D eigenvalue weighted by atomic mass is 10.0. The van der Waals surface area contributed by atoms with E-state index in [9.17, 15) is 14.0 Å². The second-order valence-corrected chi connectivity index (χ2v) is 6.01. The molecule has 1 aliphatic carbocycles. The molecular formula is C15H17FO4S. The summed E-state index contributed by atoms with van der Waals surface area (Å²) in [6, 6.07) is 0. The first-order valence-electron chi connectivity index (χ1n) is 6.74. The maximum Gasteiger partial charge on any atom is 0.212 e. The highest BCUT2D eigenvalue weighted by Crippen LogP contribution is 2.37. The molecule has 2 rings (SSSR count). The molecule has 0 aliphatic heterocycles. The van der Waals surface area contributed by atoms with Crippen molar-refractivity contribution in [1.29, 1.82) is 0 Å². The van der Waals surface area contributed by atoms with Crippen LogP contribution >= 0.6 is 11.3 Å². The van der Waals surface area contributed by atoms with E-state index in [1.54, 1.807) is 13.8 Å². The lowest BCUT2D eigenvalue weighted by Crippen LogP contribution is -2.15. The van der Waals surface area contributed by atoms with Crippen LogP contribution in [-0.2, 0) is 9.53 Å². The molecule has 0 unspecified atom stereocenters. The van der Waals surface area contributed by atoms with Crippen LogP contribution in [0.4, 0.5) is 4.39 Å². The normalized spacial score (nSPS) is 15.0. The number of aryl methyl sites for hydroxylation is 1. The van der Waals surface area contributed by atoms with Gasteiger partial charge in [-0.05, 0) is 26.7 Å². The molecule has 1 saturated carbocycles. The van der Waals surface area contributed by atoms with Gasteiger partial charge in [0.15, 0.2) is 17.3 Å². The first-order chi connectivity index (χ1) is 10.0.